The number of nitrogens with zero attached hydrogens (tertiary/aromatic N) is 1. The molecule has 9 nitrogen and oxygen atoms in total. The van der Waals surface area contributed by atoms with Crippen molar-refractivity contribution in [2.75, 3.05) is 25.2 Å². The minimum absolute atomic E-state index is 0.0137. The molecule has 0 unspecified atom stereocenters. The summed E-state index contributed by atoms with van der Waals surface area (Å²) in [6, 6.07) is 16.4. The van der Waals surface area contributed by atoms with Crippen molar-refractivity contribution >= 4 is 11.6 Å². The highest BCUT2D eigenvalue weighted by Crippen LogP contribution is 2.66. The van der Waals surface area contributed by atoms with Gasteiger partial charge < -0.3 is 34.8 Å². The van der Waals surface area contributed by atoms with Gasteiger partial charge in [0.05, 0.1) is 16.6 Å². The third-order valence-electron chi connectivity index (χ3n) is 10.7. The number of piperidine rings is 1. The molecule has 1 saturated carbocycles. The molecule has 9 rings (SSSR count). The van der Waals surface area contributed by atoms with E-state index in [0.29, 0.717) is 41.7 Å². The number of amides is 1. The normalized spacial score (nSPS) is 29.7. The van der Waals surface area contributed by atoms with Crippen LogP contribution in [0.4, 0.5) is 5.69 Å². The molecule has 1 amide bonds. The molecule has 2 fully saturated rings. The molecule has 4 N–H and O–H groups in total. The van der Waals surface area contributed by atoms with Gasteiger partial charge >= 0.3 is 0 Å². The topological polar surface area (TPSA) is 121 Å². The van der Waals surface area contributed by atoms with Crippen molar-refractivity contribution in [3.63, 3.8) is 0 Å². The van der Waals surface area contributed by atoms with Crippen LogP contribution in [-0.4, -0.2) is 63.8 Å². The number of aliphatic hydroxyl groups is 2. The summed E-state index contributed by atoms with van der Waals surface area (Å²) < 4.78 is 17.4. The van der Waals surface area contributed by atoms with Crippen LogP contribution in [0.1, 0.15) is 36.8 Å². The highest BCUT2D eigenvalue weighted by atomic mass is 16.7. The lowest BCUT2D eigenvalue weighted by atomic mass is 9.49. The fraction of sp³-hybridized carbons (Fsp3) is 0.382. The van der Waals surface area contributed by atoms with E-state index in [1.165, 1.54) is 12.8 Å². The number of rotatable bonds is 5. The number of aliphatic hydroxyl groups excluding tert-OH is 1. The molecule has 4 atom stereocenters. The maximum Gasteiger partial charge on any atom is 0.255 e. The molecule has 2 bridgehead atoms. The number of carbonyl (C=O) groups is 1. The lowest BCUT2D eigenvalue weighted by molar-refractivity contribution is -0.172. The molecule has 6 aliphatic rings. The van der Waals surface area contributed by atoms with Gasteiger partial charge in [-0.15, -0.1) is 0 Å². The van der Waals surface area contributed by atoms with Crippen molar-refractivity contribution in [1.29, 1.82) is 0 Å². The number of hydrogen-bond acceptors (Lipinski definition) is 8. The van der Waals surface area contributed by atoms with E-state index in [4.69, 9.17) is 14.2 Å². The Balaban J connectivity index is 1.12. The van der Waals surface area contributed by atoms with Gasteiger partial charge in [-0.05, 0) is 73.5 Å². The number of nitrogens with one attached hydrogen (secondary N) is 1. The number of phenolic OH excluding ortho intramolecular Hbond substituents is 1. The molecular weight excluding hydrogens is 548 g/mol. The zero-order valence-corrected chi connectivity index (χ0v) is 23.5. The number of anilines is 1. The van der Waals surface area contributed by atoms with E-state index in [1.54, 1.807) is 6.07 Å². The van der Waals surface area contributed by atoms with Gasteiger partial charge in [-0.2, -0.15) is 0 Å². The van der Waals surface area contributed by atoms with Gasteiger partial charge in [-0.1, -0.05) is 30.3 Å². The maximum atomic E-state index is 14.1. The summed E-state index contributed by atoms with van der Waals surface area (Å²) in [7, 11) is 0. The number of benzene rings is 3. The number of phenols is 1. The average Bonchev–Trinajstić information content (AvgIpc) is 3.56. The number of para-hydroxylation sites is 1. The summed E-state index contributed by atoms with van der Waals surface area (Å²) in [5.41, 5.74) is 1.81. The molecule has 43 heavy (non-hydrogen) atoms. The van der Waals surface area contributed by atoms with E-state index < -0.39 is 23.0 Å². The summed E-state index contributed by atoms with van der Waals surface area (Å²) in [5, 5.41) is 38.5. The van der Waals surface area contributed by atoms with E-state index in [1.807, 2.05) is 48.5 Å². The van der Waals surface area contributed by atoms with Crippen LogP contribution in [0.25, 0.3) is 11.1 Å². The van der Waals surface area contributed by atoms with E-state index in [2.05, 4.69) is 10.2 Å². The van der Waals surface area contributed by atoms with Gasteiger partial charge in [-0.3, -0.25) is 9.69 Å². The Morgan fingerprint density at radius 1 is 1.05 bits per heavy atom. The standard InChI is InChI=1S/C34H32N2O7/c37-24-9-7-20-14-27-34(40)15-22(29(38)31-33(34,28(20)30(24)43-31)11-12-36(27)16-18-5-6-18)32(39)35-23-4-2-1-3-21(23)19-8-10-25-26(13-19)42-17-41-25/h1-4,7-10,13,18,27,31,37-38,40H,5-6,11-12,14-17H2,(H,35,39)/t27-,31+,33+,34-/m1/s1. The Bertz CT molecular complexity index is 1750. The first-order valence-electron chi connectivity index (χ1n) is 15.1. The molecule has 3 aliphatic carbocycles. The predicted molar refractivity (Wildman–Crippen MR) is 156 cm³/mol. The monoisotopic (exact) mass is 580 g/mol. The van der Waals surface area contributed by atoms with Crippen LogP contribution in [0.15, 0.2) is 65.9 Å². The lowest BCUT2D eigenvalue weighted by Gasteiger charge is -2.62. The molecule has 3 heterocycles. The van der Waals surface area contributed by atoms with Crippen LogP contribution < -0.4 is 19.5 Å². The van der Waals surface area contributed by atoms with E-state index >= 15 is 0 Å². The lowest BCUT2D eigenvalue weighted by Crippen LogP contribution is -2.75. The summed E-state index contributed by atoms with van der Waals surface area (Å²) >= 11 is 0. The number of fused-ring (bicyclic) bond motifs is 1. The van der Waals surface area contributed by atoms with Crippen molar-refractivity contribution in [2.24, 2.45) is 5.92 Å². The third kappa shape index (κ3) is 3.37. The van der Waals surface area contributed by atoms with Gasteiger partial charge in [0.15, 0.2) is 29.1 Å². The summed E-state index contributed by atoms with van der Waals surface area (Å²) in [5.74, 6) is 1.57. The molecule has 1 saturated heterocycles. The quantitative estimate of drug-likeness (QED) is 0.350. The van der Waals surface area contributed by atoms with Crippen molar-refractivity contribution in [3.05, 3.63) is 77.1 Å². The van der Waals surface area contributed by atoms with Crippen LogP contribution in [0, 0.1) is 5.92 Å². The summed E-state index contributed by atoms with van der Waals surface area (Å²) in [4.78, 5) is 16.5. The van der Waals surface area contributed by atoms with Crippen molar-refractivity contribution in [3.8, 4) is 34.1 Å². The largest absolute Gasteiger partial charge is 0.508 e. The van der Waals surface area contributed by atoms with Crippen LogP contribution in [0.2, 0.25) is 0 Å². The molecular formula is C34H32N2O7. The minimum Gasteiger partial charge on any atom is -0.508 e. The van der Waals surface area contributed by atoms with Crippen LogP contribution >= 0.6 is 0 Å². The van der Waals surface area contributed by atoms with E-state index in [9.17, 15) is 20.1 Å². The Morgan fingerprint density at radius 2 is 1.88 bits per heavy atom. The highest BCUT2D eigenvalue weighted by Gasteiger charge is 2.73. The van der Waals surface area contributed by atoms with Crippen LogP contribution in [0.5, 0.6) is 23.0 Å². The molecule has 0 radical (unpaired) electrons. The highest BCUT2D eigenvalue weighted by molar-refractivity contribution is 6.06. The van der Waals surface area contributed by atoms with E-state index in [0.717, 1.165) is 35.3 Å². The van der Waals surface area contributed by atoms with Crippen molar-refractivity contribution in [2.45, 2.75) is 55.3 Å². The number of ether oxygens (including phenoxy) is 3. The molecule has 0 aromatic heterocycles. The average molecular weight is 581 g/mol. The van der Waals surface area contributed by atoms with E-state index in [-0.39, 0.29) is 36.3 Å². The molecule has 220 valence electrons. The number of carbonyl (C=O) groups excluding carboxylic acids is 1. The van der Waals surface area contributed by atoms with Gasteiger partial charge in [0.2, 0.25) is 6.79 Å². The van der Waals surface area contributed by atoms with Gasteiger partial charge in [-0.25, -0.2) is 0 Å². The molecule has 3 aliphatic heterocycles. The first-order chi connectivity index (χ1) is 20.9. The molecule has 3 aromatic carbocycles. The number of likely N-dealkylation sites (tertiary alicyclic amines) is 1. The summed E-state index contributed by atoms with van der Waals surface area (Å²) in [6.45, 7) is 1.84. The number of hydrogen-bond donors (Lipinski definition) is 4. The van der Waals surface area contributed by atoms with Gasteiger partial charge in [0, 0.05) is 35.8 Å². The Kier molecular flexibility index (Phi) is 5.10. The first kappa shape index (κ1) is 25.3. The van der Waals surface area contributed by atoms with Crippen LogP contribution in [0.3, 0.4) is 0 Å². The fourth-order valence-corrected chi connectivity index (χ4v) is 8.47. The summed E-state index contributed by atoms with van der Waals surface area (Å²) in [6.07, 6.45) is 2.56. The second kappa shape index (κ2) is 8.67. The Hall–Kier alpha value is -4.21. The number of aromatic hydroxyl groups is 1. The van der Waals surface area contributed by atoms with Crippen molar-refractivity contribution < 1.29 is 34.3 Å². The second-order valence-electron chi connectivity index (χ2n) is 12.9. The second-order valence-corrected chi connectivity index (χ2v) is 12.9. The molecule has 3 aromatic rings. The van der Waals surface area contributed by atoms with Crippen LogP contribution in [-0.2, 0) is 16.6 Å². The third-order valence-corrected chi connectivity index (χ3v) is 10.7. The maximum absolute atomic E-state index is 14.1. The fourth-order valence-electron chi connectivity index (χ4n) is 8.47. The predicted octanol–water partition coefficient (Wildman–Crippen LogP) is 4.41. The Morgan fingerprint density at radius 3 is 2.74 bits per heavy atom. The van der Waals surface area contributed by atoms with Crippen molar-refractivity contribution in [1.82, 2.24) is 4.90 Å². The van der Waals surface area contributed by atoms with Gasteiger partial charge in [0.1, 0.15) is 5.76 Å². The smallest absolute Gasteiger partial charge is 0.255 e. The molecule has 9 heteroatoms. The first-order valence-corrected chi connectivity index (χ1v) is 15.1. The van der Waals surface area contributed by atoms with Gasteiger partial charge in [0.25, 0.3) is 5.91 Å². The Labute approximate surface area is 248 Å². The minimum atomic E-state index is -1.37. The SMILES string of the molecule is O=C(Nc1ccccc1-c1ccc2c(c1)OCO2)C1=C(O)[C@@H]2Oc3c(O)ccc4c3[C@@]23CCN(CC2CC2)[C@H](C4)[C@]3(O)C1. The zero-order valence-electron chi connectivity index (χ0n) is 23.5. The zero-order chi connectivity index (χ0) is 29.1. The molecule has 1 spiro atoms.